The molecule has 0 N–H and O–H groups in total. The van der Waals surface area contributed by atoms with Gasteiger partial charge in [0.2, 0.25) is 0 Å². The smallest absolute Gasteiger partial charge is 0.185 e. The van der Waals surface area contributed by atoms with Crippen LogP contribution in [0.1, 0.15) is 34.0 Å². The highest BCUT2D eigenvalue weighted by molar-refractivity contribution is 6.06. The summed E-state index contributed by atoms with van der Waals surface area (Å²) in [5, 5.41) is 0. The van der Waals surface area contributed by atoms with Gasteiger partial charge in [-0.1, -0.05) is 54.6 Å². The van der Waals surface area contributed by atoms with Gasteiger partial charge in [-0.25, -0.2) is 4.39 Å². The van der Waals surface area contributed by atoms with E-state index in [1.807, 2.05) is 31.2 Å². The predicted molar refractivity (Wildman–Crippen MR) is 124 cm³/mol. The Morgan fingerprint density at radius 2 is 1.56 bits per heavy atom. The van der Waals surface area contributed by atoms with E-state index in [9.17, 15) is 9.18 Å². The van der Waals surface area contributed by atoms with Crippen molar-refractivity contribution in [2.75, 3.05) is 13.2 Å². The summed E-state index contributed by atoms with van der Waals surface area (Å²) in [6.45, 7) is 7.08. The number of benzene rings is 3. The van der Waals surface area contributed by atoms with E-state index in [2.05, 4.69) is 6.58 Å². The molecule has 4 nitrogen and oxygen atoms in total. The molecule has 164 valence electrons. The highest BCUT2D eigenvalue weighted by Gasteiger charge is 2.02. The maximum absolute atomic E-state index is 12.9. The highest BCUT2D eigenvalue weighted by Crippen LogP contribution is 2.15. The standard InChI is InChI=1S/C27H25FO4/c1-20(2)23-8-3-22(4-9-23)19-30-17-18-31-32-26-14-5-21(6-15-26)7-16-27(29)24-10-12-25(28)13-11-24/h3-16H,1,17-19H2,2H3/b16-7+. The van der Waals surface area contributed by atoms with Crippen LogP contribution in [0.4, 0.5) is 4.39 Å². The Hall–Kier alpha value is -3.54. The lowest BCUT2D eigenvalue weighted by Crippen LogP contribution is -2.06. The molecule has 0 radical (unpaired) electrons. The summed E-state index contributed by atoms with van der Waals surface area (Å²) in [5.74, 6) is -0.0219. The molecule has 3 aromatic carbocycles. The molecular formula is C27H25FO4. The summed E-state index contributed by atoms with van der Waals surface area (Å²) in [6, 6.07) is 20.6. The van der Waals surface area contributed by atoms with Crippen molar-refractivity contribution in [3.8, 4) is 5.75 Å². The Morgan fingerprint density at radius 1 is 0.906 bits per heavy atom. The fraction of sp³-hybridized carbons (Fsp3) is 0.148. The van der Waals surface area contributed by atoms with Crippen molar-refractivity contribution in [2.24, 2.45) is 0 Å². The van der Waals surface area contributed by atoms with Crippen molar-refractivity contribution in [3.05, 3.63) is 114 Å². The average molecular weight is 432 g/mol. The van der Waals surface area contributed by atoms with E-state index in [4.69, 9.17) is 14.5 Å². The third-order valence-corrected chi connectivity index (χ3v) is 4.62. The molecule has 0 bridgehead atoms. The van der Waals surface area contributed by atoms with Crippen LogP contribution in [0.2, 0.25) is 0 Å². The molecule has 0 unspecified atom stereocenters. The molecule has 0 spiro atoms. The molecule has 0 aliphatic rings. The molecule has 0 saturated carbocycles. The minimum absolute atomic E-state index is 0.194. The van der Waals surface area contributed by atoms with Crippen LogP contribution in [-0.2, 0) is 16.2 Å². The van der Waals surface area contributed by atoms with Crippen LogP contribution in [0.3, 0.4) is 0 Å². The summed E-state index contributed by atoms with van der Waals surface area (Å²) < 4.78 is 18.5. The molecule has 3 rings (SSSR count). The van der Waals surface area contributed by atoms with Gasteiger partial charge in [0, 0.05) is 5.56 Å². The maximum atomic E-state index is 12.9. The summed E-state index contributed by atoms with van der Waals surface area (Å²) in [7, 11) is 0. The van der Waals surface area contributed by atoms with E-state index in [1.165, 1.54) is 30.3 Å². The van der Waals surface area contributed by atoms with Crippen LogP contribution >= 0.6 is 0 Å². The monoisotopic (exact) mass is 432 g/mol. The van der Waals surface area contributed by atoms with Crippen LogP contribution in [0.5, 0.6) is 5.75 Å². The van der Waals surface area contributed by atoms with E-state index < -0.39 is 0 Å². The van der Waals surface area contributed by atoms with Crippen molar-refractivity contribution in [1.82, 2.24) is 0 Å². The summed E-state index contributed by atoms with van der Waals surface area (Å²) in [5.41, 5.74) is 4.49. The topological polar surface area (TPSA) is 44.8 Å². The number of halogens is 1. The van der Waals surface area contributed by atoms with Gasteiger partial charge < -0.3 is 9.62 Å². The Balaban J connectivity index is 1.35. The van der Waals surface area contributed by atoms with Gasteiger partial charge in [-0.2, -0.15) is 4.89 Å². The predicted octanol–water partition coefficient (Wildman–Crippen LogP) is 6.28. The van der Waals surface area contributed by atoms with Gasteiger partial charge in [0.25, 0.3) is 0 Å². The number of hydrogen-bond donors (Lipinski definition) is 0. The Morgan fingerprint density at radius 3 is 2.22 bits per heavy atom. The quantitative estimate of drug-likeness (QED) is 0.118. The summed E-state index contributed by atoms with van der Waals surface area (Å²) >= 11 is 0. The normalized spacial score (nSPS) is 10.9. The fourth-order valence-electron chi connectivity index (χ4n) is 2.79. The maximum Gasteiger partial charge on any atom is 0.185 e. The van der Waals surface area contributed by atoms with Gasteiger partial charge in [0.1, 0.15) is 12.4 Å². The molecule has 0 fully saturated rings. The molecule has 0 amide bonds. The molecule has 0 aromatic heterocycles. The molecule has 32 heavy (non-hydrogen) atoms. The summed E-state index contributed by atoms with van der Waals surface area (Å²) in [4.78, 5) is 22.5. The molecule has 0 aliphatic carbocycles. The van der Waals surface area contributed by atoms with E-state index >= 15 is 0 Å². The fourth-order valence-corrected chi connectivity index (χ4v) is 2.79. The van der Waals surface area contributed by atoms with Gasteiger partial charge in [-0.3, -0.25) is 4.79 Å². The van der Waals surface area contributed by atoms with Gasteiger partial charge in [-0.05, 0) is 66.1 Å². The number of ketones is 1. The number of hydrogen-bond acceptors (Lipinski definition) is 4. The van der Waals surface area contributed by atoms with Crippen LogP contribution in [0.15, 0.2) is 85.5 Å². The lowest BCUT2D eigenvalue weighted by atomic mass is 10.1. The first-order valence-electron chi connectivity index (χ1n) is 10.2. The molecule has 0 atom stereocenters. The second-order valence-corrected chi connectivity index (χ2v) is 7.21. The molecule has 3 aromatic rings. The number of allylic oxidation sites excluding steroid dienone is 2. The average Bonchev–Trinajstić information content (AvgIpc) is 2.81. The first-order valence-corrected chi connectivity index (χ1v) is 10.2. The Kier molecular flexibility index (Phi) is 8.49. The third kappa shape index (κ3) is 7.30. The van der Waals surface area contributed by atoms with Crippen LogP contribution in [-0.4, -0.2) is 19.0 Å². The second kappa shape index (κ2) is 11.7. The number of rotatable bonds is 11. The first-order chi connectivity index (χ1) is 15.5. The molecule has 0 aliphatic heterocycles. The number of carbonyl (C=O) groups is 1. The zero-order chi connectivity index (χ0) is 22.8. The van der Waals surface area contributed by atoms with E-state index in [-0.39, 0.29) is 18.2 Å². The van der Waals surface area contributed by atoms with Gasteiger partial charge in [-0.15, -0.1) is 0 Å². The highest BCUT2D eigenvalue weighted by atomic mass is 19.1. The lowest BCUT2D eigenvalue weighted by Gasteiger charge is -2.07. The van der Waals surface area contributed by atoms with Crippen LogP contribution in [0.25, 0.3) is 11.6 Å². The van der Waals surface area contributed by atoms with Gasteiger partial charge in [0.15, 0.2) is 11.5 Å². The second-order valence-electron chi connectivity index (χ2n) is 7.21. The van der Waals surface area contributed by atoms with Gasteiger partial charge >= 0.3 is 0 Å². The third-order valence-electron chi connectivity index (χ3n) is 4.62. The number of ether oxygens (including phenoxy) is 1. The molecule has 5 heteroatoms. The van der Waals surface area contributed by atoms with Crippen LogP contribution in [0, 0.1) is 5.82 Å². The Labute approximate surface area is 187 Å². The van der Waals surface area contributed by atoms with Crippen molar-refractivity contribution >= 4 is 17.4 Å². The molecule has 0 heterocycles. The minimum Gasteiger partial charge on any atom is -0.374 e. The van der Waals surface area contributed by atoms with Crippen molar-refractivity contribution < 1.29 is 23.7 Å². The van der Waals surface area contributed by atoms with Crippen molar-refractivity contribution in [2.45, 2.75) is 13.5 Å². The van der Waals surface area contributed by atoms with E-state index in [0.717, 1.165) is 22.3 Å². The van der Waals surface area contributed by atoms with E-state index in [0.29, 0.717) is 24.5 Å². The van der Waals surface area contributed by atoms with Crippen molar-refractivity contribution in [1.29, 1.82) is 0 Å². The lowest BCUT2D eigenvalue weighted by molar-refractivity contribution is -0.215. The largest absolute Gasteiger partial charge is 0.374 e. The van der Waals surface area contributed by atoms with E-state index in [1.54, 1.807) is 30.3 Å². The van der Waals surface area contributed by atoms with Gasteiger partial charge in [0.05, 0.1) is 13.2 Å². The molecular weight excluding hydrogens is 407 g/mol. The Bertz CT molecular complexity index is 1050. The molecule has 0 saturated heterocycles. The zero-order valence-electron chi connectivity index (χ0n) is 17.9. The summed E-state index contributed by atoms with van der Waals surface area (Å²) in [6.07, 6.45) is 3.14. The van der Waals surface area contributed by atoms with Crippen LogP contribution < -0.4 is 4.89 Å². The minimum atomic E-state index is -0.372. The SMILES string of the molecule is C=C(C)c1ccc(COCCOOc2ccc(/C=C/C(=O)c3ccc(F)cc3)cc2)cc1. The first kappa shape index (κ1) is 23.1. The number of carbonyl (C=O) groups excluding carboxylic acids is 1. The van der Waals surface area contributed by atoms with Crippen molar-refractivity contribution in [3.63, 3.8) is 0 Å². The zero-order valence-corrected chi connectivity index (χ0v) is 17.9.